The van der Waals surface area contributed by atoms with Crippen molar-refractivity contribution in [2.24, 2.45) is 0 Å². The Balaban J connectivity index is 4.71. The number of hydrogen-bond acceptors (Lipinski definition) is 6. The van der Waals surface area contributed by atoms with Crippen LogP contribution in [0.1, 0.15) is 27.2 Å². The van der Waals surface area contributed by atoms with Gasteiger partial charge in [0.05, 0.1) is 0 Å². The quantitative estimate of drug-likeness (QED) is 0.279. The highest BCUT2D eigenvalue weighted by Gasteiger charge is 2.48. The van der Waals surface area contributed by atoms with Gasteiger partial charge < -0.3 is 22.8 Å². The second-order valence-corrected chi connectivity index (χ2v) is 7.08. The average Bonchev–Trinajstić information content (AvgIpc) is 2.39. The minimum absolute atomic E-state index is 0.317. The van der Waals surface area contributed by atoms with E-state index in [9.17, 15) is 4.79 Å². The summed E-state index contributed by atoms with van der Waals surface area (Å²) in [6, 6.07) is 0. The van der Waals surface area contributed by atoms with E-state index in [2.05, 4.69) is 6.58 Å². The lowest BCUT2D eigenvalue weighted by Gasteiger charge is -2.33. The van der Waals surface area contributed by atoms with Crippen LogP contribution in [0.2, 0.25) is 0 Å². The molecule has 0 aromatic carbocycles. The summed E-state index contributed by atoms with van der Waals surface area (Å²) < 4.78 is 26.8. The van der Waals surface area contributed by atoms with Crippen LogP contribution in [0.25, 0.3) is 0 Å². The molecule has 0 radical (unpaired) electrons. The Kier molecular flexibility index (Phi) is 8.11. The average molecular weight is 292 g/mol. The third-order valence-electron chi connectivity index (χ3n) is 2.60. The molecule has 0 aromatic heterocycles. The largest absolute Gasteiger partial charge is 0.530 e. The number of hydrogen-bond donors (Lipinski definition) is 0. The third kappa shape index (κ3) is 5.04. The molecule has 0 N–H and O–H groups in total. The molecule has 0 saturated heterocycles. The van der Waals surface area contributed by atoms with E-state index in [1.165, 1.54) is 21.3 Å². The number of carbonyl (C=O) groups is 1. The molecule has 2 unspecified atom stereocenters. The van der Waals surface area contributed by atoms with Crippen molar-refractivity contribution < 1.29 is 27.5 Å². The van der Waals surface area contributed by atoms with Gasteiger partial charge in [-0.25, -0.2) is 4.79 Å². The molecule has 112 valence electrons. The zero-order valence-corrected chi connectivity index (χ0v) is 13.5. The van der Waals surface area contributed by atoms with Gasteiger partial charge >= 0.3 is 14.8 Å². The van der Waals surface area contributed by atoms with Crippen molar-refractivity contribution in [1.29, 1.82) is 0 Å². The lowest BCUT2D eigenvalue weighted by atomic mass is 10.4. The minimum Gasteiger partial charge on any atom is -0.433 e. The van der Waals surface area contributed by atoms with E-state index in [0.29, 0.717) is 12.0 Å². The van der Waals surface area contributed by atoms with Crippen molar-refractivity contribution >= 4 is 14.8 Å². The van der Waals surface area contributed by atoms with Gasteiger partial charge in [-0.15, -0.1) is 0 Å². The first-order valence-corrected chi connectivity index (χ1v) is 7.84. The first kappa shape index (κ1) is 18.3. The summed E-state index contributed by atoms with van der Waals surface area (Å²) >= 11 is 0. The smallest absolute Gasteiger partial charge is 0.433 e. The summed E-state index contributed by atoms with van der Waals surface area (Å²) in [4.78, 5) is 11.4. The maximum atomic E-state index is 11.4. The van der Waals surface area contributed by atoms with Crippen LogP contribution in [0.3, 0.4) is 0 Å². The lowest BCUT2D eigenvalue weighted by Crippen LogP contribution is -2.56. The van der Waals surface area contributed by atoms with E-state index in [-0.39, 0.29) is 0 Å². The SMILES string of the molecule is C=C(C)C(=O)OC(C)OC(CC)[Si](OC)(OC)OC. The zero-order chi connectivity index (χ0) is 15.1. The molecule has 0 saturated carbocycles. The molecule has 0 bridgehead atoms. The Labute approximate surface area is 116 Å². The van der Waals surface area contributed by atoms with Gasteiger partial charge in [-0.3, -0.25) is 0 Å². The van der Waals surface area contributed by atoms with Crippen molar-refractivity contribution in [2.75, 3.05) is 21.3 Å². The van der Waals surface area contributed by atoms with E-state index >= 15 is 0 Å². The molecule has 6 nitrogen and oxygen atoms in total. The first-order valence-electron chi connectivity index (χ1n) is 6.04. The molecule has 2 atom stereocenters. The van der Waals surface area contributed by atoms with Gasteiger partial charge in [0.1, 0.15) is 5.73 Å². The minimum atomic E-state index is -2.92. The van der Waals surface area contributed by atoms with Crippen LogP contribution in [0.4, 0.5) is 0 Å². The van der Waals surface area contributed by atoms with Crippen LogP contribution in [0.5, 0.6) is 0 Å². The fourth-order valence-corrected chi connectivity index (χ4v) is 3.73. The van der Waals surface area contributed by atoms with Crippen LogP contribution >= 0.6 is 0 Å². The predicted octanol–water partition coefficient (Wildman–Crippen LogP) is 1.66. The highest BCUT2D eigenvalue weighted by Crippen LogP contribution is 2.20. The van der Waals surface area contributed by atoms with Crippen molar-refractivity contribution in [3.63, 3.8) is 0 Å². The molecule has 0 aromatic rings. The van der Waals surface area contributed by atoms with Gasteiger partial charge in [0, 0.05) is 26.9 Å². The highest BCUT2D eigenvalue weighted by atomic mass is 28.4. The van der Waals surface area contributed by atoms with Crippen molar-refractivity contribution in [1.82, 2.24) is 0 Å². The van der Waals surface area contributed by atoms with Gasteiger partial charge in [0.15, 0.2) is 0 Å². The van der Waals surface area contributed by atoms with Crippen molar-refractivity contribution in [3.05, 3.63) is 12.2 Å². The molecule has 0 heterocycles. The van der Waals surface area contributed by atoms with Crippen LogP contribution < -0.4 is 0 Å². The molecular formula is C12H24O6Si. The Hall–Kier alpha value is -0.733. The number of esters is 1. The number of rotatable bonds is 9. The van der Waals surface area contributed by atoms with Crippen molar-refractivity contribution in [2.45, 2.75) is 39.2 Å². The van der Waals surface area contributed by atoms with Gasteiger partial charge in [0.25, 0.3) is 0 Å². The molecule has 0 amide bonds. The van der Waals surface area contributed by atoms with Crippen LogP contribution in [0, 0.1) is 0 Å². The first-order chi connectivity index (χ1) is 8.86. The summed E-state index contributed by atoms with van der Waals surface area (Å²) in [6.45, 7) is 8.63. The molecule has 0 rings (SSSR count). The van der Waals surface area contributed by atoms with E-state index in [4.69, 9.17) is 22.8 Å². The summed E-state index contributed by atoms with van der Waals surface area (Å²) in [6.07, 6.45) is -0.127. The molecule has 0 spiro atoms. The fourth-order valence-electron chi connectivity index (χ4n) is 1.58. The zero-order valence-electron chi connectivity index (χ0n) is 12.5. The van der Waals surface area contributed by atoms with Crippen LogP contribution in [-0.4, -0.2) is 48.1 Å². The fraction of sp³-hybridized carbons (Fsp3) is 0.750. The third-order valence-corrected chi connectivity index (χ3v) is 5.64. The predicted molar refractivity (Wildman–Crippen MR) is 72.3 cm³/mol. The van der Waals surface area contributed by atoms with Gasteiger partial charge in [-0.05, 0) is 20.3 Å². The van der Waals surface area contributed by atoms with Crippen molar-refractivity contribution in [3.8, 4) is 0 Å². The summed E-state index contributed by atoms with van der Waals surface area (Å²) in [5, 5.41) is 0. The molecule has 0 aliphatic rings. The number of ether oxygens (including phenoxy) is 2. The topological polar surface area (TPSA) is 63.2 Å². The molecular weight excluding hydrogens is 268 g/mol. The second kappa shape index (κ2) is 8.44. The highest BCUT2D eigenvalue weighted by molar-refractivity contribution is 6.62. The summed E-state index contributed by atoms with van der Waals surface area (Å²) in [5.74, 6) is -0.498. The molecule has 7 heteroatoms. The maximum Gasteiger partial charge on any atom is 0.530 e. The normalized spacial score (nSPS) is 14.8. The molecule has 0 aliphatic carbocycles. The Morgan fingerprint density at radius 3 is 2.00 bits per heavy atom. The molecule has 19 heavy (non-hydrogen) atoms. The molecule has 0 aliphatic heterocycles. The van der Waals surface area contributed by atoms with E-state index in [1.807, 2.05) is 6.92 Å². The monoisotopic (exact) mass is 292 g/mol. The van der Waals surface area contributed by atoms with Crippen LogP contribution in [-0.2, 0) is 27.5 Å². The number of carbonyl (C=O) groups excluding carboxylic acids is 1. The maximum absolute atomic E-state index is 11.4. The Morgan fingerprint density at radius 2 is 1.68 bits per heavy atom. The summed E-state index contributed by atoms with van der Waals surface area (Å²) in [7, 11) is 1.61. The second-order valence-electron chi connectivity index (χ2n) is 4.00. The Bertz CT molecular complexity index is 294. The lowest BCUT2D eigenvalue weighted by molar-refractivity contribution is -0.179. The van der Waals surface area contributed by atoms with Gasteiger partial charge in [-0.1, -0.05) is 13.5 Å². The van der Waals surface area contributed by atoms with Gasteiger partial charge in [-0.2, -0.15) is 0 Å². The van der Waals surface area contributed by atoms with E-state index in [0.717, 1.165) is 0 Å². The van der Waals surface area contributed by atoms with E-state index < -0.39 is 26.8 Å². The molecule has 0 fully saturated rings. The van der Waals surface area contributed by atoms with E-state index in [1.54, 1.807) is 13.8 Å². The van der Waals surface area contributed by atoms with Crippen LogP contribution in [0.15, 0.2) is 12.2 Å². The standard InChI is InChI=1S/C12H24O6Si/c1-8-11(19(14-5,15-6)16-7)17-10(4)18-12(13)9(2)3/h10-11H,2,8H2,1,3-7H3. The summed E-state index contributed by atoms with van der Waals surface area (Å²) in [5.41, 5.74) is -0.0994. The Morgan fingerprint density at radius 1 is 1.21 bits per heavy atom. The van der Waals surface area contributed by atoms with Gasteiger partial charge in [0.2, 0.25) is 6.29 Å².